The van der Waals surface area contributed by atoms with Crippen molar-refractivity contribution in [3.05, 3.63) is 101 Å². The fourth-order valence-electron chi connectivity index (χ4n) is 2.52. The average Bonchev–Trinajstić information content (AvgIpc) is 3.65. The van der Waals surface area contributed by atoms with E-state index in [2.05, 4.69) is 51.3 Å². The Morgan fingerprint density at radius 2 is 1.19 bits per heavy atom. The van der Waals surface area contributed by atoms with Crippen LogP contribution in [0.5, 0.6) is 0 Å². The number of nitrogens with zero attached hydrogens (tertiary/aromatic N) is 11. The van der Waals surface area contributed by atoms with Gasteiger partial charge in [-0.1, -0.05) is 0 Å². The molecule has 0 spiro atoms. The van der Waals surface area contributed by atoms with Gasteiger partial charge >= 0.3 is 5.97 Å². The zero-order chi connectivity index (χ0) is 25.8. The summed E-state index contributed by atoms with van der Waals surface area (Å²) in [5.74, 6) is -1.10. The Kier molecular flexibility index (Phi) is 8.98. The van der Waals surface area contributed by atoms with Crippen molar-refractivity contribution in [1.82, 2.24) is 44.9 Å². The largest absolute Gasteiger partial charge is 0.476 e. The minimum atomic E-state index is -1.10. The lowest BCUT2D eigenvalue weighted by Crippen LogP contribution is -2.09. The van der Waals surface area contributed by atoms with Crippen LogP contribution in [0.3, 0.4) is 0 Å². The lowest BCUT2D eigenvalue weighted by atomic mass is 10.3. The standard InChI is InChI=1S/C8H5N5.C8H6N4O2.C6H3BrN2/c9-6-7-8(2-1-3-10-7)13-11-4-5-12-13;13-8(14)7-6(2-1-3-9-7)12-10-4-5-11-12;7-5-2-1-3-9-6(5)4-8/h1-5H;1-5H,(H,13,14);1-3H. The maximum Gasteiger partial charge on any atom is 0.356 e. The number of carboxylic acids is 1. The number of carboxylic acid groups (broad SMARTS) is 1. The van der Waals surface area contributed by atoms with Gasteiger partial charge in [0.05, 0.1) is 29.3 Å². The zero-order valence-electron chi connectivity index (χ0n) is 18.2. The van der Waals surface area contributed by atoms with Gasteiger partial charge in [0.25, 0.3) is 0 Å². The van der Waals surface area contributed by atoms with E-state index >= 15 is 0 Å². The molecule has 0 amide bonds. The van der Waals surface area contributed by atoms with Crippen LogP contribution in [0.1, 0.15) is 21.9 Å². The molecule has 0 aliphatic heterocycles. The third-order valence-corrected chi connectivity index (χ3v) is 4.65. The third-order valence-electron chi connectivity index (χ3n) is 4.01. The van der Waals surface area contributed by atoms with Gasteiger partial charge in [0.15, 0.2) is 17.1 Å². The first-order chi connectivity index (χ1) is 17.5. The summed E-state index contributed by atoms with van der Waals surface area (Å²) in [6.07, 6.45) is 10.6. The molecule has 5 rings (SSSR count). The minimum absolute atomic E-state index is 0.0660. The van der Waals surface area contributed by atoms with Crippen LogP contribution in [0.15, 0.2) is 84.2 Å². The van der Waals surface area contributed by atoms with Gasteiger partial charge < -0.3 is 5.11 Å². The lowest BCUT2D eigenvalue weighted by molar-refractivity contribution is 0.0690. The zero-order valence-corrected chi connectivity index (χ0v) is 19.7. The van der Waals surface area contributed by atoms with Crippen molar-refractivity contribution in [1.29, 1.82) is 10.5 Å². The first-order valence-electron chi connectivity index (χ1n) is 9.82. The second-order valence-corrected chi connectivity index (χ2v) is 7.10. The molecule has 14 heteroatoms. The maximum absolute atomic E-state index is 10.8. The number of rotatable bonds is 3. The number of hydrogen-bond acceptors (Lipinski definition) is 10. The Hall–Kier alpha value is -5.34. The van der Waals surface area contributed by atoms with Crippen molar-refractivity contribution in [3.8, 4) is 23.5 Å². The number of aromatic carboxylic acids is 1. The molecule has 0 fully saturated rings. The molecule has 176 valence electrons. The van der Waals surface area contributed by atoms with E-state index in [1.807, 2.05) is 12.1 Å². The summed E-state index contributed by atoms with van der Waals surface area (Å²) in [7, 11) is 0. The summed E-state index contributed by atoms with van der Waals surface area (Å²) in [6, 6.07) is 14.2. The van der Waals surface area contributed by atoms with Gasteiger partial charge in [-0.25, -0.2) is 19.7 Å². The molecule has 36 heavy (non-hydrogen) atoms. The van der Waals surface area contributed by atoms with Crippen molar-refractivity contribution >= 4 is 21.9 Å². The van der Waals surface area contributed by atoms with Crippen molar-refractivity contribution in [2.24, 2.45) is 0 Å². The molecule has 5 heterocycles. The van der Waals surface area contributed by atoms with E-state index < -0.39 is 5.97 Å². The van der Waals surface area contributed by atoms with Gasteiger partial charge in [-0.2, -0.15) is 30.9 Å². The van der Waals surface area contributed by atoms with Crippen LogP contribution in [0.4, 0.5) is 0 Å². The highest BCUT2D eigenvalue weighted by Gasteiger charge is 2.13. The van der Waals surface area contributed by atoms with Crippen LogP contribution in [0.25, 0.3) is 11.4 Å². The van der Waals surface area contributed by atoms with Crippen LogP contribution < -0.4 is 0 Å². The summed E-state index contributed by atoms with van der Waals surface area (Å²) in [5.41, 5.74) is 1.62. The molecule has 0 unspecified atom stereocenters. The van der Waals surface area contributed by atoms with Gasteiger partial charge in [0.1, 0.15) is 23.5 Å². The number of pyridine rings is 3. The van der Waals surface area contributed by atoms with Crippen LogP contribution >= 0.6 is 15.9 Å². The number of nitriles is 2. The van der Waals surface area contributed by atoms with Crippen molar-refractivity contribution in [3.63, 3.8) is 0 Å². The Labute approximate surface area is 212 Å². The average molecular weight is 544 g/mol. The van der Waals surface area contributed by atoms with E-state index in [1.54, 1.807) is 61.2 Å². The van der Waals surface area contributed by atoms with Crippen LogP contribution in [0, 0.1) is 22.7 Å². The molecule has 0 atom stereocenters. The topological polar surface area (TPSA) is 185 Å². The Morgan fingerprint density at radius 3 is 1.69 bits per heavy atom. The molecule has 0 saturated carbocycles. The highest BCUT2D eigenvalue weighted by atomic mass is 79.9. The molecule has 0 bridgehead atoms. The highest BCUT2D eigenvalue weighted by molar-refractivity contribution is 9.10. The number of halogens is 1. The number of aromatic nitrogens is 9. The van der Waals surface area contributed by atoms with Crippen molar-refractivity contribution in [2.45, 2.75) is 0 Å². The molecular formula is C22H14BrN11O2. The molecular weight excluding hydrogens is 530 g/mol. The first kappa shape index (κ1) is 25.3. The monoisotopic (exact) mass is 543 g/mol. The SMILES string of the molecule is N#Cc1ncccc1-n1nccn1.N#Cc1ncccc1Br.O=C(O)c1ncccc1-n1nccn1. The Bertz CT molecular complexity index is 1510. The molecule has 5 aromatic rings. The second-order valence-electron chi connectivity index (χ2n) is 6.24. The Morgan fingerprint density at radius 1 is 0.722 bits per heavy atom. The summed E-state index contributed by atoms with van der Waals surface area (Å²) in [6.45, 7) is 0. The smallest absolute Gasteiger partial charge is 0.356 e. The molecule has 5 aromatic heterocycles. The molecule has 1 N–H and O–H groups in total. The first-order valence-corrected chi connectivity index (χ1v) is 10.6. The summed E-state index contributed by atoms with van der Waals surface area (Å²) in [4.78, 5) is 24.8. The van der Waals surface area contributed by atoms with Crippen molar-refractivity contribution in [2.75, 3.05) is 0 Å². The van der Waals surface area contributed by atoms with Gasteiger partial charge in [-0.05, 0) is 52.3 Å². The number of carbonyl (C=O) groups is 1. The highest BCUT2D eigenvalue weighted by Crippen LogP contribution is 2.11. The predicted octanol–water partition coefficient (Wildman–Crippen LogP) is 2.61. The fourth-order valence-corrected chi connectivity index (χ4v) is 2.86. The van der Waals surface area contributed by atoms with Gasteiger partial charge in [0, 0.05) is 18.6 Å². The van der Waals surface area contributed by atoms with Crippen LogP contribution in [-0.2, 0) is 0 Å². The van der Waals surface area contributed by atoms with E-state index in [0.717, 1.165) is 4.47 Å². The molecule has 13 nitrogen and oxygen atoms in total. The van der Waals surface area contributed by atoms with Crippen LogP contribution in [0.2, 0.25) is 0 Å². The third kappa shape index (κ3) is 6.60. The molecule has 0 saturated heterocycles. The molecule has 0 radical (unpaired) electrons. The minimum Gasteiger partial charge on any atom is -0.476 e. The lowest BCUT2D eigenvalue weighted by Gasteiger charge is -2.01. The summed E-state index contributed by atoms with van der Waals surface area (Å²) < 4.78 is 0.743. The predicted molar refractivity (Wildman–Crippen MR) is 127 cm³/mol. The summed E-state index contributed by atoms with van der Waals surface area (Å²) >= 11 is 3.17. The van der Waals surface area contributed by atoms with E-state index in [1.165, 1.54) is 28.2 Å². The maximum atomic E-state index is 10.8. The van der Waals surface area contributed by atoms with Crippen LogP contribution in [-0.4, -0.2) is 56.0 Å². The normalized spacial score (nSPS) is 9.42. The Balaban J connectivity index is 0.000000154. The summed E-state index contributed by atoms with van der Waals surface area (Å²) in [5, 5.41) is 41.4. The van der Waals surface area contributed by atoms with E-state index in [-0.39, 0.29) is 5.69 Å². The van der Waals surface area contributed by atoms with E-state index in [9.17, 15) is 4.79 Å². The molecule has 0 aliphatic carbocycles. The number of hydrogen-bond donors (Lipinski definition) is 1. The van der Waals surface area contributed by atoms with Gasteiger partial charge in [-0.3, -0.25) is 0 Å². The van der Waals surface area contributed by atoms with E-state index in [4.69, 9.17) is 15.6 Å². The van der Waals surface area contributed by atoms with Gasteiger partial charge in [-0.15, -0.1) is 9.59 Å². The molecule has 0 aromatic carbocycles. The quantitative estimate of drug-likeness (QED) is 0.352. The van der Waals surface area contributed by atoms with Gasteiger partial charge in [0.2, 0.25) is 0 Å². The fraction of sp³-hybridized carbons (Fsp3) is 0. The molecule has 0 aliphatic rings. The van der Waals surface area contributed by atoms with Crippen molar-refractivity contribution < 1.29 is 9.90 Å². The second kappa shape index (κ2) is 12.8. The van der Waals surface area contributed by atoms with E-state index in [0.29, 0.717) is 22.8 Å².